The first kappa shape index (κ1) is 16.2. The molecular formula is C16H18Cl2N2O. The molecule has 3 nitrogen and oxygen atoms in total. The normalized spacial score (nSPS) is 18.0. The van der Waals surface area contributed by atoms with Crippen molar-refractivity contribution in [2.45, 2.75) is 25.2 Å². The number of amides is 1. The van der Waals surface area contributed by atoms with E-state index in [9.17, 15) is 4.79 Å². The molecule has 0 bridgehead atoms. The van der Waals surface area contributed by atoms with Crippen LogP contribution < -0.4 is 5.73 Å². The van der Waals surface area contributed by atoms with Crippen molar-refractivity contribution >= 4 is 29.1 Å². The lowest BCUT2D eigenvalue weighted by Crippen LogP contribution is -2.38. The maximum Gasteiger partial charge on any atom is 0.298 e. The summed E-state index contributed by atoms with van der Waals surface area (Å²) in [6.07, 6.45) is 2.56. The standard InChI is InChI=1S/C16H18Cl2N2O/c17-14-7-6-12(10-15(14)18)13-4-3-9-20(11-13)16(21)5-1-2-8-19/h6-7,10,13H,2-4,8-9,11,19H2. The summed E-state index contributed by atoms with van der Waals surface area (Å²) in [6, 6.07) is 5.68. The van der Waals surface area contributed by atoms with E-state index in [1.165, 1.54) is 0 Å². The van der Waals surface area contributed by atoms with Gasteiger partial charge in [-0.1, -0.05) is 35.2 Å². The SMILES string of the molecule is NCCC#CC(=O)N1CCCC(c2ccc(Cl)c(Cl)c2)C1. The van der Waals surface area contributed by atoms with Gasteiger partial charge in [0.2, 0.25) is 0 Å². The van der Waals surface area contributed by atoms with E-state index in [0.717, 1.165) is 24.9 Å². The second-order valence-corrected chi connectivity index (χ2v) is 5.92. The van der Waals surface area contributed by atoms with Gasteiger partial charge in [0.05, 0.1) is 10.0 Å². The zero-order valence-electron chi connectivity index (χ0n) is 11.7. The first-order valence-corrected chi connectivity index (χ1v) is 7.80. The third kappa shape index (κ3) is 4.38. The highest BCUT2D eigenvalue weighted by Gasteiger charge is 2.24. The van der Waals surface area contributed by atoms with Gasteiger partial charge in [0.25, 0.3) is 5.91 Å². The van der Waals surface area contributed by atoms with E-state index in [0.29, 0.717) is 29.6 Å². The summed E-state index contributed by atoms with van der Waals surface area (Å²) in [5, 5.41) is 1.11. The van der Waals surface area contributed by atoms with Crippen molar-refractivity contribution in [1.82, 2.24) is 4.90 Å². The van der Waals surface area contributed by atoms with Gasteiger partial charge in [-0.3, -0.25) is 4.79 Å². The smallest absolute Gasteiger partial charge is 0.298 e. The van der Waals surface area contributed by atoms with Gasteiger partial charge in [-0.2, -0.15) is 0 Å². The fraction of sp³-hybridized carbons (Fsp3) is 0.438. The first-order chi connectivity index (χ1) is 10.1. The Bertz CT molecular complexity index is 577. The molecule has 1 aromatic rings. The van der Waals surface area contributed by atoms with E-state index in [2.05, 4.69) is 11.8 Å². The van der Waals surface area contributed by atoms with Crippen molar-refractivity contribution in [2.24, 2.45) is 5.73 Å². The van der Waals surface area contributed by atoms with Crippen molar-refractivity contribution in [3.8, 4) is 11.8 Å². The van der Waals surface area contributed by atoms with Gasteiger partial charge < -0.3 is 10.6 Å². The van der Waals surface area contributed by atoms with Crippen LogP contribution in [0.15, 0.2) is 18.2 Å². The molecule has 1 aliphatic heterocycles. The molecule has 0 saturated carbocycles. The molecule has 1 unspecified atom stereocenters. The average Bonchev–Trinajstić information content (AvgIpc) is 2.50. The van der Waals surface area contributed by atoms with E-state index < -0.39 is 0 Å². The van der Waals surface area contributed by atoms with Gasteiger partial charge in [0.1, 0.15) is 0 Å². The molecule has 0 aliphatic carbocycles. The quantitative estimate of drug-likeness (QED) is 0.850. The molecule has 112 valence electrons. The Morgan fingerprint density at radius 3 is 2.90 bits per heavy atom. The van der Waals surface area contributed by atoms with Gasteiger partial charge in [-0.15, -0.1) is 0 Å². The lowest BCUT2D eigenvalue weighted by Gasteiger charge is -2.31. The van der Waals surface area contributed by atoms with E-state index in [4.69, 9.17) is 28.9 Å². The molecule has 5 heteroatoms. The summed E-state index contributed by atoms with van der Waals surface area (Å²) < 4.78 is 0. The molecule has 1 saturated heterocycles. The van der Waals surface area contributed by atoms with Crippen LogP contribution in [0.5, 0.6) is 0 Å². The predicted molar refractivity (Wildman–Crippen MR) is 86.5 cm³/mol. The summed E-state index contributed by atoms with van der Waals surface area (Å²) in [4.78, 5) is 13.8. The number of carbonyl (C=O) groups is 1. The molecule has 1 aliphatic rings. The number of carbonyl (C=O) groups excluding carboxylic acids is 1. The van der Waals surface area contributed by atoms with Crippen LogP contribution in [0.3, 0.4) is 0 Å². The maximum atomic E-state index is 12.0. The molecule has 2 rings (SSSR count). The summed E-state index contributed by atoms with van der Waals surface area (Å²) in [5.74, 6) is 5.62. The Labute approximate surface area is 135 Å². The van der Waals surface area contributed by atoms with Crippen molar-refractivity contribution in [3.63, 3.8) is 0 Å². The average molecular weight is 325 g/mol. The molecule has 1 fully saturated rings. The van der Waals surface area contributed by atoms with Gasteiger partial charge in [0.15, 0.2) is 0 Å². The lowest BCUT2D eigenvalue weighted by atomic mass is 9.90. The summed E-state index contributed by atoms with van der Waals surface area (Å²) >= 11 is 12.0. The number of rotatable bonds is 2. The molecular weight excluding hydrogens is 307 g/mol. The van der Waals surface area contributed by atoms with Crippen molar-refractivity contribution in [2.75, 3.05) is 19.6 Å². The van der Waals surface area contributed by atoms with Crippen LogP contribution in [-0.2, 0) is 4.79 Å². The molecule has 0 radical (unpaired) electrons. The van der Waals surface area contributed by atoms with Gasteiger partial charge in [-0.25, -0.2) is 0 Å². The first-order valence-electron chi connectivity index (χ1n) is 7.04. The van der Waals surface area contributed by atoms with Gasteiger partial charge in [-0.05, 0) is 36.5 Å². The second-order valence-electron chi connectivity index (χ2n) is 5.10. The molecule has 1 aromatic carbocycles. The van der Waals surface area contributed by atoms with Crippen LogP contribution in [0, 0.1) is 11.8 Å². The molecule has 1 amide bonds. The number of nitrogens with two attached hydrogens (primary N) is 1. The van der Waals surface area contributed by atoms with Crippen LogP contribution in [-0.4, -0.2) is 30.4 Å². The van der Waals surface area contributed by atoms with Crippen molar-refractivity contribution < 1.29 is 4.79 Å². The summed E-state index contributed by atoms with van der Waals surface area (Å²) in [7, 11) is 0. The highest BCUT2D eigenvalue weighted by Crippen LogP contribution is 2.31. The molecule has 2 N–H and O–H groups in total. The maximum absolute atomic E-state index is 12.0. The minimum absolute atomic E-state index is 0.117. The van der Waals surface area contributed by atoms with Gasteiger partial charge in [0, 0.05) is 32.0 Å². The topological polar surface area (TPSA) is 46.3 Å². The number of halogens is 2. The predicted octanol–water partition coefficient (Wildman–Crippen LogP) is 3.05. The number of benzene rings is 1. The summed E-state index contributed by atoms with van der Waals surface area (Å²) in [5.41, 5.74) is 6.49. The Morgan fingerprint density at radius 2 is 2.19 bits per heavy atom. The molecule has 21 heavy (non-hydrogen) atoms. The minimum atomic E-state index is -0.117. The molecule has 1 heterocycles. The third-order valence-electron chi connectivity index (χ3n) is 3.59. The van der Waals surface area contributed by atoms with Crippen LogP contribution in [0.1, 0.15) is 30.7 Å². The Morgan fingerprint density at radius 1 is 1.38 bits per heavy atom. The highest BCUT2D eigenvalue weighted by molar-refractivity contribution is 6.42. The van der Waals surface area contributed by atoms with E-state index in [1.54, 1.807) is 11.0 Å². The van der Waals surface area contributed by atoms with E-state index in [1.807, 2.05) is 12.1 Å². The molecule has 0 aromatic heterocycles. The lowest BCUT2D eigenvalue weighted by molar-refractivity contribution is -0.126. The largest absolute Gasteiger partial charge is 0.331 e. The minimum Gasteiger partial charge on any atom is -0.331 e. The number of likely N-dealkylation sites (tertiary alicyclic amines) is 1. The van der Waals surface area contributed by atoms with E-state index >= 15 is 0 Å². The fourth-order valence-corrected chi connectivity index (χ4v) is 2.80. The molecule has 0 spiro atoms. The van der Waals surface area contributed by atoms with E-state index in [-0.39, 0.29) is 11.8 Å². The fourth-order valence-electron chi connectivity index (χ4n) is 2.49. The highest BCUT2D eigenvalue weighted by atomic mass is 35.5. The summed E-state index contributed by atoms with van der Waals surface area (Å²) in [6.45, 7) is 1.91. The zero-order valence-corrected chi connectivity index (χ0v) is 13.3. The third-order valence-corrected chi connectivity index (χ3v) is 4.33. The number of nitrogens with zero attached hydrogens (tertiary/aromatic N) is 1. The number of hydrogen-bond acceptors (Lipinski definition) is 2. The van der Waals surface area contributed by atoms with Crippen LogP contribution in [0.25, 0.3) is 0 Å². The Kier molecular flexibility index (Phi) is 5.93. The van der Waals surface area contributed by atoms with Gasteiger partial charge >= 0.3 is 0 Å². The van der Waals surface area contributed by atoms with Crippen LogP contribution >= 0.6 is 23.2 Å². The van der Waals surface area contributed by atoms with Crippen molar-refractivity contribution in [1.29, 1.82) is 0 Å². The second kappa shape index (κ2) is 7.70. The van der Waals surface area contributed by atoms with Crippen molar-refractivity contribution in [3.05, 3.63) is 33.8 Å². The zero-order chi connectivity index (χ0) is 15.2. The monoisotopic (exact) mass is 324 g/mol. The number of piperidine rings is 1. The van der Waals surface area contributed by atoms with Crippen LogP contribution in [0.4, 0.5) is 0 Å². The molecule has 1 atom stereocenters. The Hall–Kier alpha value is -1.21. The van der Waals surface area contributed by atoms with Crippen LogP contribution in [0.2, 0.25) is 10.0 Å². The Balaban J connectivity index is 2.05. The number of hydrogen-bond donors (Lipinski definition) is 1.